The van der Waals surface area contributed by atoms with Crippen LogP contribution in [0.3, 0.4) is 0 Å². The minimum atomic E-state index is -1.17. The van der Waals surface area contributed by atoms with Crippen molar-refractivity contribution in [2.75, 3.05) is 0 Å². The van der Waals surface area contributed by atoms with Crippen molar-refractivity contribution in [1.29, 1.82) is 0 Å². The molecule has 0 amide bonds. The SMILES string of the molecule is [2H]c1c([2H])c([2H])c(-c2c([2H])c([2H])c([2H])c([2H])c2-c2c([2H])c([2H])c3c(-c4c([2H])c([2H])c([2H])c([2H])c4[2H])c4c([2H])c([2H])c([2H])c([2H])c4c(-c4c([2H])c([2H])c5oc6c([2H])c([2H])c([2H])c([2H])c6c5c4[2H])c3c2[2H])c([2H])c1[2H]. The second-order valence-corrected chi connectivity index (χ2v) is 9.51. The van der Waals surface area contributed by atoms with Crippen LogP contribution in [-0.2, 0) is 0 Å². The van der Waals surface area contributed by atoms with Crippen molar-refractivity contribution in [3.8, 4) is 44.5 Å². The molecule has 0 spiro atoms. The summed E-state index contributed by atoms with van der Waals surface area (Å²) < 4.78 is 257. The van der Waals surface area contributed by atoms with Gasteiger partial charge in [-0.05, 0) is 90.2 Å². The van der Waals surface area contributed by atoms with Crippen molar-refractivity contribution in [3.63, 3.8) is 0 Å². The Bertz CT molecular complexity index is 4060. The van der Waals surface area contributed by atoms with Crippen LogP contribution in [0.2, 0.25) is 0 Å². The molecule has 0 aliphatic heterocycles. The lowest BCUT2D eigenvalue weighted by atomic mass is 9.84. The van der Waals surface area contributed by atoms with Crippen LogP contribution >= 0.6 is 0 Å². The molecule has 1 heterocycles. The van der Waals surface area contributed by atoms with E-state index in [1.165, 1.54) is 0 Å². The smallest absolute Gasteiger partial charge is 0.135 e. The lowest BCUT2D eigenvalue weighted by molar-refractivity contribution is 0.669. The van der Waals surface area contributed by atoms with Gasteiger partial charge >= 0.3 is 0 Å². The van der Waals surface area contributed by atoms with Gasteiger partial charge < -0.3 is 4.42 Å². The van der Waals surface area contributed by atoms with Crippen LogP contribution in [0.25, 0.3) is 88.0 Å². The van der Waals surface area contributed by atoms with Crippen LogP contribution in [-0.4, -0.2) is 0 Å². The molecule has 8 aromatic carbocycles. The highest BCUT2D eigenvalue weighted by Gasteiger charge is 2.19. The number of fused-ring (bicyclic) bond motifs is 5. The zero-order valence-electron chi connectivity index (χ0n) is 50.4. The standard InChI is InChI=1S/C44H28O/c1-3-13-29(14-4-1)33-17-7-8-18-34(33)31-23-25-38-40(27-31)44(32-24-26-42-39(28-32)35-19-11-12-22-41(35)45-42)37-21-10-9-20-36(37)43(38)30-15-5-2-6-16-30/h1-28H/i1D,2D,3D,4D,5D,6D,7D,8D,9D,10D,11D,12D,13D,14D,15D,16D,17D,18D,19D,20D,21D,22D,23D,24D,25D,26D,27D,28D. The van der Waals surface area contributed by atoms with Crippen LogP contribution in [0.5, 0.6) is 0 Å². The van der Waals surface area contributed by atoms with E-state index in [4.69, 9.17) is 30.5 Å². The summed E-state index contributed by atoms with van der Waals surface area (Å²) in [5.41, 5.74) is -8.13. The Kier molecular flexibility index (Phi) is 2.32. The molecule has 0 unspecified atom stereocenters. The first kappa shape index (κ1) is 10.1. The Morgan fingerprint density at radius 3 is 1.53 bits per heavy atom. The molecule has 210 valence electrons. The van der Waals surface area contributed by atoms with Gasteiger partial charge in [-0.1, -0.05) is 145 Å². The third kappa shape index (κ3) is 4.17. The predicted molar refractivity (Wildman–Crippen MR) is 190 cm³/mol. The van der Waals surface area contributed by atoms with Gasteiger partial charge in [0, 0.05) is 10.8 Å². The van der Waals surface area contributed by atoms with Crippen molar-refractivity contribution in [1.82, 2.24) is 0 Å². The molecule has 1 aromatic heterocycles. The van der Waals surface area contributed by atoms with Crippen LogP contribution < -0.4 is 0 Å². The van der Waals surface area contributed by atoms with E-state index in [9.17, 15) is 12.3 Å². The van der Waals surface area contributed by atoms with Crippen LogP contribution in [0.1, 0.15) is 38.4 Å². The van der Waals surface area contributed by atoms with Gasteiger partial charge in [-0.3, -0.25) is 0 Å². The van der Waals surface area contributed by atoms with E-state index in [1.807, 2.05) is 0 Å². The molecule has 45 heavy (non-hydrogen) atoms. The molecule has 9 rings (SSSR count). The predicted octanol–water partition coefficient (Wildman–Crippen LogP) is 12.6. The summed E-state index contributed by atoms with van der Waals surface area (Å²) >= 11 is 0. The highest BCUT2D eigenvalue weighted by molar-refractivity contribution is 6.22. The third-order valence-electron chi connectivity index (χ3n) is 7.07. The van der Waals surface area contributed by atoms with Gasteiger partial charge in [-0.15, -0.1) is 0 Å². The average molecular weight is 601 g/mol. The Morgan fingerprint density at radius 1 is 0.311 bits per heavy atom. The molecule has 1 nitrogen and oxygen atoms in total. The van der Waals surface area contributed by atoms with E-state index in [2.05, 4.69) is 0 Å². The van der Waals surface area contributed by atoms with Crippen LogP contribution in [0, 0.1) is 0 Å². The van der Waals surface area contributed by atoms with Gasteiger partial charge in [-0.2, -0.15) is 0 Å². The summed E-state index contributed by atoms with van der Waals surface area (Å²) in [6.07, 6.45) is 0. The van der Waals surface area contributed by atoms with E-state index in [0.29, 0.717) is 0 Å². The second kappa shape index (κ2) is 10.4. The molecule has 0 atom stereocenters. The van der Waals surface area contributed by atoms with Crippen LogP contribution in [0.4, 0.5) is 0 Å². The minimum absolute atomic E-state index is 0.489. The topological polar surface area (TPSA) is 13.1 Å². The monoisotopic (exact) mass is 600 g/mol. The molecular weight excluding hydrogens is 544 g/mol. The molecule has 0 bridgehead atoms. The highest BCUT2D eigenvalue weighted by Crippen LogP contribution is 2.46. The van der Waals surface area contributed by atoms with Crippen molar-refractivity contribution >= 4 is 43.5 Å². The lowest BCUT2D eigenvalue weighted by Gasteiger charge is -2.19. The van der Waals surface area contributed by atoms with Gasteiger partial charge in [0.05, 0.1) is 38.4 Å². The Labute approximate surface area is 301 Å². The molecule has 1 heteroatoms. The molecule has 0 radical (unpaired) electrons. The first-order chi connectivity index (χ1) is 34.0. The summed E-state index contributed by atoms with van der Waals surface area (Å²) in [5, 5.41) is -4.31. The summed E-state index contributed by atoms with van der Waals surface area (Å²) in [6.45, 7) is 0. The summed E-state index contributed by atoms with van der Waals surface area (Å²) in [6, 6.07) is -27.7. The fourth-order valence-corrected chi connectivity index (χ4v) is 5.21. The van der Waals surface area contributed by atoms with Crippen molar-refractivity contribution in [2.24, 2.45) is 0 Å². The molecule has 9 aromatic rings. The van der Waals surface area contributed by atoms with E-state index in [0.717, 1.165) is 0 Å². The van der Waals surface area contributed by atoms with Crippen LogP contribution in [0.15, 0.2) is 174 Å². The first-order valence-electron chi connectivity index (χ1n) is 27.2. The summed E-state index contributed by atoms with van der Waals surface area (Å²) in [5.74, 6) is 0. The molecule has 0 fully saturated rings. The zero-order valence-corrected chi connectivity index (χ0v) is 22.4. The Balaban J connectivity index is 1.69. The molecular formula is C44H28O. The van der Waals surface area contributed by atoms with Crippen molar-refractivity contribution < 1.29 is 42.8 Å². The minimum Gasteiger partial charge on any atom is -0.456 e. The normalized spacial score (nSPS) is 20.3. The zero-order chi connectivity index (χ0) is 54.1. The third-order valence-corrected chi connectivity index (χ3v) is 7.07. The fourth-order valence-electron chi connectivity index (χ4n) is 5.21. The quantitative estimate of drug-likeness (QED) is 0.183. The summed E-state index contributed by atoms with van der Waals surface area (Å²) in [4.78, 5) is 0. The number of hydrogen-bond acceptors (Lipinski definition) is 1. The largest absolute Gasteiger partial charge is 0.456 e. The van der Waals surface area contributed by atoms with Gasteiger partial charge in [0.1, 0.15) is 11.2 Å². The Hall–Kier alpha value is -5.92. The van der Waals surface area contributed by atoms with E-state index in [-0.39, 0.29) is 0 Å². The number of furan rings is 1. The van der Waals surface area contributed by atoms with E-state index >= 15 is 0 Å². The maximum Gasteiger partial charge on any atom is 0.135 e. The first-order valence-corrected chi connectivity index (χ1v) is 13.2. The number of para-hydroxylation sites is 1. The number of hydrogen-bond donors (Lipinski definition) is 0. The molecule has 0 aliphatic carbocycles. The van der Waals surface area contributed by atoms with Gasteiger partial charge in [0.2, 0.25) is 0 Å². The number of rotatable bonds is 4. The molecule has 0 N–H and O–H groups in total. The highest BCUT2D eigenvalue weighted by atomic mass is 16.3. The fraction of sp³-hybridized carbons (Fsp3) is 0. The van der Waals surface area contributed by atoms with Gasteiger partial charge in [-0.25, -0.2) is 0 Å². The number of benzene rings is 8. The molecule has 0 aliphatic rings. The maximum absolute atomic E-state index is 10.2. The molecule has 0 saturated heterocycles. The van der Waals surface area contributed by atoms with Crippen molar-refractivity contribution in [2.45, 2.75) is 0 Å². The average Bonchev–Trinajstić information content (AvgIpc) is 3.78. The van der Waals surface area contributed by atoms with Crippen molar-refractivity contribution in [3.05, 3.63) is 169 Å². The lowest BCUT2D eigenvalue weighted by Crippen LogP contribution is -1.92. The van der Waals surface area contributed by atoms with E-state index in [1.54, 1.807) is 0 Å². The Morgan fingerprint density at radius 2 is 0.800 bits per heavy atom. The molecule has 0 saturated carbocycles. The van der Waals surface area contributed by atoms with E-state index < -0.39 is 257 Å². The van der Waals surface area contributed by atoms with Gasteiger partial charge in [0.25, 0.3) is 0 Å². The maximum atomic E-state index is 10.2. The summed E-state index contributed by atoms with van der Waals surface area (Å²) in [7, 11) is 0. The second-order valence-electron chi connectivity index (χ2n) is 9.51. The van der Waals surface area contributed by atoms with Gasteiger partial charge in [0.15, 0.2) is 0 Å².